The predicted molar refractivity (Wildman–Crippen MR) is 103 cm³/mol. The van der Waals surface area contributed by atoms with Crippen LogP contribution in [-0.4, -0.2) is 29.1 Å². The number of halogens is 2. The predicted octanol–water partition coefficient (Wildman–Crippen LogP) is 5.32. The molecule has 1 amide bonds. The van der Waals surface area contributed by atoms with Crippen LogP contribution >= 0.6 is 35.0 Å². The van der Waals surface area contributed by atoms with Crippen molar-refractivity contribution < 1.29 is 9.21 Å². The molecule has 0 atom stereocenters. The molecule has 2 aliphatic heterocycles. The van der Waals surface area contributed by atoms with Crippen LogP contribution in [0.4, 0.5) is 0 Å². The Labute approximate surface area is 159 Å². The van der Waals surface area contributed by atoms with Crippen LogP contribution in [0.1, 0.15) is 18.6 Å². The normalized spacial score (nSPS) is 19.1. The van der Waals surface area contributed by atoms with E-state index < -0.39 is 0 Å². The molecule has 0 aliphatic carbocycles. The van der Waals surface area contributed by atoms with E-state index >= 15 is 0 Å². The van der Waals surface area contributed by atoms with E-state index in [4.69, 9.17) is 27.6 Å². The molecule has 7 heteroatoms. The average Bonchev–Trinajstić information content (AvgIpc) is 3.32. The Bertz CT molecular complexity index is 898. The largest absolute Gasteiger partial charge is 0.457 e. The first-order chi connectivity index (χ1) is 12.1. The fraction of sp³-hybridized carbons (Fsp3) is 0.222. The SMILES string of the molecule is O=C1N=C(N2CCCC2)S/C1=C\c1ccc(-c2ccc(Cl)c(Cl)c2)o1. The lowest BCUT2D eigenvalue weighted by molar-refractivity contribution is -0.113. The Morgan fingerprint density at radius 2 is 1.92 bits per heavy atom. The summed E-state index contributed by atoms with van der Waals surface area (Å²) in [7, 11) is 0. The maximum Gasteiger partial charge on any atom is 0.286 e. The van der Waals surface area contributed by atoms with E-state index in [-0.39, 0.29) is 5.91 Å². The van der Waals surface area contributed by atoms with Crippen LogP contribution in [-0.2, 0) is 4.79 Å². The first-order valence-corrected chi connectivity index (χ1v) is 9.50. The zero-order valence-electron chi connectivity index (χ0n) is 13.2. The third kappa shape index (κ3) is 3.50. The molecule has 0 spiro atoms. The number of amidine groups is 1. The molecule has 25 heavy (non-hydrogen) atoms. The highest BCUT2D eigenvalue weighted by molar-refractivity contribution is 8.18. The first-order valence-electron chi connectivity index (χ1n) is 7.93. The van der Waals surface area contributed by atoms with Gasteiger partial charge in [-0.15, -0.1) is 0 Å². The van der Waals surface area contributed by atoms with Crippen molar-refractivity contribution >= 4 is 52.1 Å². The van der Waals surface area contributed by atoms with Gasteiger partial charge in [0.25, 0.3) is 5.91 Å². The van der Waals surface area contributed by atoms with Gasteiger partial charge in [0.1, 0.15) is 11.5 Å². The summed E-state index contributed by atoms with van der Waals surface area (Å²) in [5.74, 6) is 1.07. The molecule has 0 bridgehead atoms. The number of nitrogens with zero attached hydrogens (tertiary/aromatic N) is 2. The number of hydrogen-bond donors (Lipinski definition) is 0. The Kier molecular flexibility index (Phi) is 4.63. The second kappa shape index (κ2) is 6.90. The summed E-state index contributed by atoms with van der Waals surface area (Å²) in [4.78, 5) is 19.0. The lowest BCUT2D eigenvalue weighted by Gasteiger charge is -2.14. The van der Waals surface area contributed by atoms with Crippen molar-refractivity contribution in [2.75, 3.05) is 13.1 Å². The van der Waals surface area contributed by atoms with Crippen LogP contribution < -0.4 is 0 Å². The van der Waals surface area contributed by atoms with E-state index in [1.165, 1.54) is 11.8 Å². The van der Waals surface area contributed by atoms with Crippen LogP contribution in [0.25, 0.3) is 17.4 Å². The van der Waals surface area contributed by atoms with Crippen molar-refractivity contribution in [3.8, 4) is 11.3 Å². The molecule has 0 saturated carbocycles. The monoisotopic (exact) mass is 392 g/mol. The topological polar surface area (TPSA) is 45.8 Å². The lowest BCUT2D eigenvalue weighted by Crippen LogP contribution is -2.23. The smallest absolute Gasteiger partial charge is 0.286 e. The van der Waals surface area contributed by atoms with Gasteiger partial charge in [0.2, 0.25) is 0 Å². The zero-order valence-corrected chi connectivity index (χ0v) is 15.5. The van der Waals surface area contributed by atoms with Gasteiger partial charge in [0.05, 0.1) is 15.0 Å². The van der Waals surface area contributed by atoms with Gasteiger partial charge in [-0.2, -0.15) is 4.99 Å². The molecule has 0 unspecified atom stereocenters. The number of thioether (sulfide) groups is 1. The second-order valence-corrected chi connectivity index (χ2v) is 7.66. The number of likely N-dealkylation sites (tertiary alicyclic amines) is 1. The van der Waals surface area contributed by atoms with Gasteiger partial charge in [-0.25, -0.2) is 0 Å². The van der Waals surface area contributed by atoms with Crippen LogP contribution in [0.2, 0.25) is 10.0 Å². The Hall–Kier alpha value is -1.69. The van der Waals surface area contributed by atoms with Gasteiger partial charge < -0.3 is 9.32 Å². The Balaban J connectivity index is 1.54. The number of aliphatic imine (C=N–C) groups is 1. The maximum absolute atomic E-state index is 12.1. The molecule has 0 N–H and O–H groups in total. The minimum Gasteiger partial charge on any atom is -0.457 e. The minimum absolute atomic E-state index is 0.209. The summed E-state index contributed by atoms with van der Waals surface area (Å²) < 4.78 is 5.83. The van der Waals surface area contributed by atoms with Crippen LogP contribution in [0.3, 0.4) is 0 Å². The number of carbonyl (C=O) groups is 1. The minimum atomic E-state index is -0.209. The third-order valence-corrected chi connectivity index (χ3v) is 5.87. The number of furan rings is 1. The fourth-order valence-electron chi connectivity index (χ4n) is 2.81. The number of amides is 1. The lowest BCUT2D eigenvalue weighted by atomic mass is 10.2. The van der Waals surface area contributed by atoms with Crippen LogP contribution in [0.5, 0.6) is 0 Å². The van der Waals surface area contributed by atoms with Gasteiger partial charge in [-0.05, 0) is 54.9 Å². The third-order valence-electron chi connectivity index (χ3n) is 4.09. The highest BCUT2D eigenvalue weighted by Crippen LogP contribution is 2.34. The molecule has 3 heterocycles. The van der Waals surface area contributed by atoms with Crippen molar-refractivity contribution in [1.29, 1.82) is 0 Å². The van der Waals surface area contributed by atoms with Crippen molar-refractivity contribution in [2.45, 2.75) is 12.8 Å². The van der Waals surface area contributed by atoms with Crippen molar-refractivity contribution in [3.05, 3.63) is 51.0 Å². The molecular formula is C18H14Cl2N2O2S. The molecule has 1 saturated heterocycles. The standard InChI is InChI=1S/C18H14Cl2N2O2S/c19-13-5-3-11(9-14(13)20)15-6-4-12(24-15)10-16-17(23)21-18(25-16)22-7-1-2-8-22/h3-6,9-10H,1-2,7-8H2/b16-10-. The van der Waals surface area contributed by atoms with Gasteiger partial charge >= 0.3 is 0 Å². The van der Waals surface area contributed by atoms with Crippen molar-refractivity contribution in [2.24, 2.45) is 4.99 Å². The number of hydrogen-bond acceptors (Lipinski definition) is 4. The first kappa shape index (κ1) is 16.8. The fourth-order valence-corrected chi connectivity index (χ4v) is 4.05. The number of carbonyl (C=O) groups excluding carboxylic acids is 1. The van der Waals surface area contributed by atoms with Gasteiger partial charge in [-0.3, -0.25) is 4.79 Å². The molecule has 2 aliphatic rings. The van der Waals surface area contributed by atoms with Crippen molar-refractivity contribution in [3.63, 3.8) is 0 Å². The average molecular weight is 393 g/mol. The van der Waals surface area contributed by atoms with Gasteiger partial charge in [0, 0.05) is 24.7 Å². The summed E-state index contributed by atoms with van der Waals surface area (Å²) in [6, 6.07) is 8.99. The van der Waals surface area contributed by atoms with Gasteiger partial charge in [-0.1, -0.05) is 23.2 Å². The molecular weight excluding hydrogens is 379 g/mol. The van der Waals surface area contributed by atoms with Crippen molar-refractivity contribution in [1.82, 2.24) is 4.90 Å². The molecule has 1 aromatic heterocycles. The van der Waals surface area contributed by atoms with Gasteiger partial charge in [0.15, 0.2) is 5.17 Å². The Morgan fingerprint density at radius 1 is 1.12 bits per heavy atom. The van der Waals surface area contributed by atoms with Crippen LogP contribution in [0.15, 0.2) is 44.6 Å². The van der Waals surface area contributed by atoms with E-state index in [9.17, 15) is 4.79 Å². The van der Waals surface area contributed by atoms with E-state index in [0.29, 0.717) is 26.5 Å². The summed E-state index contributed by atoms with van der Waals surface area (Å²) in [5.41, 5.74) is 0.832. The zero-order chi connectivity index (χ0) is 17.4. The second-order valence-electron chi connectivity index (χ2n) is 5.84. The highest BCUT2D eigenvalue weighted by atomic mass is 35.5. The molecule has 128 valence electrons. The summed E-state index contributed by atoms with van der Waals surface area (Å²) >= 11 is 13.4. The summed E-state index contributed by atoms with van der Waals surface area (Å²) in [5, 5.41) is 1.77. The molecule has 2 aromatic rings. The Morgan fingerprint density at radius 3 is 2.68 bits per heavy atom. The maximum atomic E-state index is 12.1. The van der Waals surface area contributed by atoms with E-state index in [1.54, 1.807) is 18.2 Å². The number of rotatable bonds is 2. The molecule has 0 radical (unpaired) electrons. The quantitative estimate of drug-likeness (QED) is 0.648. The number of benzene rings is 1. The van der Waals surface area contributed by atoms with Crippen LogP contribution in [0, 0.1) is 0 Å². The van der Waals surface area contributed by atoms with E-state index in [2.05, 4.69) is 9.89 Å². The van der Waals surface area contributed by atoms with E-state index in [1.807, 2.05) is 18.2 Å². The summed E-state index contributed by atoms with van der Waals surface area (Å²) in [6.45, 7) is 1.93. The molecule has 4 nitrogen and oxygen atoms in total. The molecule has 1 aromatic carbocycles. The molecule has 4 rings (SSSR count). The van der Waals surface area contributed by atoms with E-state index in [0.717, 1.165) is 36.7 Å². The molecule has 1 fully saturated rings. The summed E-state index contributed by atoms with van der Waals surface area (Å²) in [6.07, 6.45) is 4.04. The highest BCUT2D eigenvalue weighted by Gasteiger charge is 2.27.